The smallest absolute Gasteiger partial charge is 0.0220 e. The van der Waals surface area contributed by atoms with Gasteiger partial charge in [0.25, 0.3) is 0 Å². The maximum absolute atomic E-state index is 3.89. The van der Waals surface area contributed by atoms with Crippen LogP contribution in [0.3, 0.4) is 0 Å². The van der Waals surface area contributed by atoms with Crippen LogP contribution >= 0.6 is 0 Å². The minimum absolute atomic E-state index is 0.622. The Hall–Kier alpha value is -0.120. The Morgan fingerprint density at radius 3 is 2.11 bits per heavy atom. The summed E-state index contributed by atoms with van der Waals surface area (Å²) >= 11 is 0. The van der Waals surface area contributed by atoms with Crippen LogP contribution in [-0.4, -0.2) is 62.2 Å². The minimum Gasteiger partial charge on any atom is -0.310 e. The molecule has 1 N–H and O–H groups in total. The molecule has 1 aliphatic heterocycles. The molecule has 1 heterocycles. The van der Waals surface area contributed by atoms with Crippen molar-refractivity contribution in [1.29, 1.82) is 0 Å². The van der Waals surface area contributed by atoms with Crippen LogP contribution in [-0.2, 0) is 0 Å². The van der Waals surface area contributed by atoms with Crippen LogP contribution in [0.15, 0.2) is 0 Å². The molecule has 0 aromatic carbocycles. The lowest BCUT2D eigenvalue weighted by Gasteiger charge is -2.37. The van der Waals surface area contributed by atoms with E-state index in [0.717, 1.165) is 18.5 Å². The third-order valence-electron chi connectivity index (χ3n) is 4.03. The molecule has 3 nitrogen and oxygen atoms in total. The highest BCUT2D eigenvalue weighted by molar-refractivity contribution is 4.83. The van der Waals surface area contributed by atoms with Gasteiger partial charge in [0, 0.05) is 25.2 Å². The molecule has 0 saturated carbocycles. The van der Waals surface area contributed by atoms with Crippen LogP contribution in [0.4, 0.5) is 0 Å². The number of hydrogen-bond acceptors (Lipinski definition) is 3. The van der Waals surface area contributed by atoms with Gasteiger partial charge in [0.1, 0.15) is 0 Å². The second-order valence-electron chi connectivity index (χ2n) is 7.25. The molecule has 19 heavy (non-hydrogen) atoms. The number of piperidine rings is 1. The Bertz CT molecular complexity index is 230. The van der Waals surface area contributed by atoms with E-state index >= 15 is 0 Å². The van der Waals surface area contributed by atoms with Gasteiger partial charge in [-0.15, -0.1) is 0 Å². The highest BCUT2D eigenvalue weighted by Gasteiger charge is 2.23. The van der Waals surface area contributed by atoms with Crippen molar-refractivity contribution in [2.75, 3.05) is 40.3 Å². The average molecular weight is 269 g/mol. The van der Waals surface area contributed by atoms with Crippen molar-refractivity contribution >= 4 is 0 Å². The fourth-order valence-electron chi connectivity index (χ4n) is 2.95. The maximum Gasteiger partial charge on any atom is 0.0220 e. The molecule has 1 aliphatic rings. The van der Waals surface area contributed by atoms with Crippen molar-refractivity contribution in [3.8, 4) is 0 Å². The first kappa shape index (κ1) is 16.9. The molecule has 0 spiro atoms. The normalized spacial score (nSPS) is 20.7. The van der Waals surface area contributed by atoms with Crippen LogP contribution in [0.2, 0.25) is 0 Å². The van der Waals surface area contributed by atoms with E-state index in [0.29, 0.717) is 12.0 Å². The van der Waals surface area contributed by atoms with E-state index in [1.165, 1.54) is 32.5 Å². The minimum atomic E-state index is 0.622. The van der Waals surface area contributed by atoms with Crippen molar-refractivity contribution in [2.24, 2.45) is 11.8 Å². The Morgan fingerprint density at radius 1 is 1.11 bits per heavy atom. The molecule has 0 aromatic heterocycles. The SMILES string of the molecule is CC(C)CN1CCC(NC(CN(C)C)C(C)C)CC1. The number of nitrogens with one attached hydrogen (secondary N) is 1. The standard InChI is InChI=1S/C16H35N3/c1-13(2)11-19-9-7-15(8-10-19)17-16(14(3)4)12-18(5)6/h13-17H,7-12H2,1-6H3. The largest absolute Gasteiger partial charge is 0.310 e. The zero-order valence-corrected chi connectivity index (χ0v) is 13.9. The summed E-state index contributed by atoms with van der Waals surface area (Å²) in [6, 6.07) is 1.34. The zero-order valence-electron chi connectivity index (χ0n) is 13.9. The molecule has 0 radical (unpaired) electrons. The predicted molar refractivity (Wildman–Crippen MR) is 84.6 cm³/mol. The van der Waals surface area contributed by atoms with Crippen molar-refractivity contribution in [2.45, 2.75) is 52.6 Å². The summed E-state index contributed by atoms with van der Waals surface area (Å²) in [5.41, 5.74) is 0. The monoisotopic (exact) mass is 269 g/mol. The molecule has 0 aliphatic carbocycles. The molecule has 1 unspecified atom stereocenters. The van der Waals surface area contributed by atoms with Gasteiger partial charge in [0.2, 0.25) is 0 Å². The lowest BCUT2D eigenvalue weighted by Crippen LogP contribution is -2.51. The van der Waals surface area contributed by atoms with E-state index in [1.807, 2.05) is 0 Å². The molecular weight excluding hydrogens is 234 g/mol. The molecule has 0 bridgehead atoms. The average Bonchev–Trinajstić information content (AvgIpc) is 2.29. The van der Waals surface area contributed by atoms with Crippen molar-refractivity contribution < 1.29 is 0 Å². The Morgan fingerprint density at radius 2 is 1.68 bits per heavy atom. The van der Waals surface area contributed by atoms with Gasteiger partial charge in [0.15, 0.2) is 0 Å². The van der Waals surface area contributed by atoms with Gasteiger partial charge in [-0.1, -0.05) is 27.7 Å². The number of nitrogens with zero attached hydrogens (tertiary/aromatic N) is 2. The fraction of sp³-hybridized carbons (Fsp3) is 1.00. The molecule has 1 rings (SSSR count). The second kappa shape index (κ2) is 8.23. The van der Waals surface area contributed by atoms with E-state index < -0.39 is 0 Å². The first-order chi connectivity index (χ1) is 8.88. The van der Waals surface area contributed by atoms with Crippen molar-refractivity contribution in [3.63, 3.8) is 0 Å². The highest BCUT2D eigenvalue weighted by atomic mass is 15.2. The number of likely N-dealkylation sites (N-methyl/N-ethyl adjacent to an activating group) is 1. The van der Waals surface area contributed by atoms with E-state index in [2.05, 4.69) is 56.9 Å². The number of rotatable bonds is 7. The molecule has 3 heteroatoms. The summed E-state index contributed by atoms with van der Waals surface area (Å²) in [5, 5.41) is 3.89. The summed E-state index contributed by atoms with van der Waals surface area (Å²) in [6.45, 7) is 14.2. The van der Waals surface area contributed by atoms with Gasteiger partial charge in [-0.05, 0) is 51.9 Å². The topological polar surface area (TPSA) is 18.5 Å². The van der Waals surface area contributed by atoms with Crippen LogP contribution in [0, 0.1) is 11.8 Å². The van der Waals surface area contributed by atoms with Gasteiger partial charge in [-0.3, -0.25) is 0 Å². The van der Waals surface area contributed by atoms with Crippen LogP contribution in [0.5, 0.6) is 0 Å². The third-order valence-corrected chi connectivity index (χ3v) is 4.03. The van der Waals surface area contributed by atoms with Crippen LogP contribution < -0.4 is 5.32 Å². The second-order valence-corrected chi connectivity index (χ2v) is 7.25. The third kappa shape index (κ3) is 6.73. The number of likely N-dealkylation sites (tertiary alicyclic amines) is 1. The summed E-state index contributed by atoms with van der Waals surface area (Å²) in [7, 11) is 4.34. The molecular formula is C16H35N3. The van der Waals surface area contributed by atoms with E-state index in [9.17, 15) is 0 Å². The summed E-state index contributed by atoms with van der Waals surface area (Å²) in [5.74, 6) is 1.50. The van der Waals surface area contributed by atoms with Crippen LogP contribution in [0.1, 0.15) is 40.5 Å². The molecule has 0 amide bonds. The molecule has 1 atom stereocenters. The van der Waals surface area contributed by atoms with Gasteiger partial charge >= 0.3 is 0 Å². The molecule has 0 aromatic rings. The molecule has 1 fully saturated rings. The van der Waals surface area contributed by atoms with E-state index in [4.69, 9.17) is 0 Å². The van der Waals surface area contributed by atoms with Gasteiger partial charge in [-0.2, -0.15) is 0 Å². The van der Waals surface area contributed by atoms with Crippen LogP contribution in [0.25, 0.3) is 0 Å². The van der Waals surface area contributed by atoms with Crippen molar-refractivity contribution in [1.82, 2.24) is 15.1 Å². The quantitative estimate of drug-likeness (QED) is 0.765. The zero-order chi connectivity index (χ0) is 14.4. The van der Waals surface area contributed by atoms with Gasteiger partial charge in [-0.25, -0.2) is 0 Å². The summed E-state index contributed by atoms with van der Waals surface area (Å²) < 4.78 is 0. The maximum atomic E-state index is 3.89. The number of hydrogen-bond donors (Lipinski definition) is 1. The summed E-state index contributed by atoms with van der Waals surface area (Å²) in [6.07, 6.45) is 2.62. The Kier molecular flexibility index (Phi) is 7.33. The highest BCUT2D eigenvalue weighted by Crippen LogP contribution is 2.14. The van der Waals surface area contributed by atoms with Gasteiger partial charge < -0.3 is 15.1 Å². The lowest BCUT2D eigenvalue weighted by atomic mass is 9.98. The van der Waals surface area contributed by atoms with Crippen molar-refractivity contribution in [3.05, 3.63) is 0 Å². The molecule has 114 valence electrons. The first-order valence-electron chi connectivity index (χ1n) is 8.01. The Balaban J connectivity index is 2.33. The lowest BCUT2D eigenvalue weighted by molar-refractivity contribution is 0.162. The predicted octanol–water partition coefficient (Wildman–Crippen LogP) is 2.28. The first-order valence-corrected chi connectivity index (χ1v) is 8.01. The van der Waals surface area contributed by atoms with E-state index in [-0.39, 0.29) is 0 Å². The van der Waals surface area contributed by atoms with Gasteiger partial charge in [0.05, 0.1) is 0 Å². The fourth-order valence-corrected chi connectivity index (χ4v) is 2.95. The Labute approximate surface area is 120 Å². The van der Waals surface area contributed by atoms with E-state index in [1.54, 1.807) is 0 Å². The molecule has 1 saturated heterocycles. The summed E-state index contributed by atoms with van der Waals surface area (Å²) in [4.78, 5) is 4.92.